The quantitative estimate of drug-likeness (QED) is 0.671. The first kappa shape index (κ1) is 15.4. The van der Waals surface area contributed by atoms with Gasteiger partial charge in [0.05, 0.1) is 6.61 Å². The maximum absolute atomic E-state index is 5.86. The smallest absolute Gasteiger partial charge is 0.254 e. The Hall–Kier alpha value is -2.53. The maximum Gasteiger partial charge on any atom is 0.254 e. The summed E-state index contributed by atoms with van der Waals surface area (Å²) in [7, 11) is 0. The van der Waals surface area contributed by atoms with E-state index in [0.29, 0.717) is 34.9 Å². The zero-order valence-corrected chi connectivity index (χ0v) is 13.3. The average Bonchev–Trinajstić information content (AvgIpc) is 3.04. The summed E-state index contributed by atoms with van der Waals surface area (Å²) < 4.78 is 16.8. The fraction of sp³-hybridized carbons (Fsp3) is 0.176. The van der Waals surface area contributed by atoms with Crippen LogP contribution in [0.5, 0.6) is 11.5 Å². The third kappa shape index (κ3) is 3.81. The number of hydrogen-bond acceptors (Lipinski definition) is 5. The van der Waals surface area contributed by atoms with E-state index in [4.69, 9.17) is 25.5 Å². The molecule has 0 atom stereocenters. The molecule has 0 saturated carbocycles. The van der Waals surface area contributed by atoms with Gasteiger partial charge in [-0.25, -0.2) is 0 Å². The SMILES string of the molecule is CCOc1ccccc1OCc1nnc(-c2ccc(Cl)cc2)o1. The van der Waals surface area contributed by atoms with Crippen LogP contribution in [0.25, 0.3) is 11.5 Å². The molecule has 3 aromatic rings. The van der Waals surface area contributed by atoms with E-state index < -0.39 is 0 Å². The third-order valence-electron chi connectivity index (χ3n) is 3.06. The summed E-state index contributed by atoms with van der Waals surface area (Å²) in [4.78, 5) is 0. The predicted molar refractivity (Wildman–Crippen MR) is 86.7 cm³/mol. The van der Waals surface area contributed by atoms with Crippen LogP contribution in [-0.4, -0.2) is 16.8 Å². The van der Waals surface area contributed by atoms with Crippen molar-refractivity contribution < 1.29 is 13.9 Å². The molecule has 0 unspecified atom stereocenters. The van der Waals surface area contributed by atoms with Crippen LogP contribution in [0, 0.1) is 0 Å². The molecule has 0 amide bonds. The lowest BCUT2D eigenvalue weighted by molar-refractivity contribution is 0.243. The van der Waals surface area contributed by atoms with E-state index in [1.165, 1.54) is 0 Å². The Morgan fingerprint density at radius 3 is 2.35 bits per heavy atom. The van der Waals surface area contributed by atoms with Crippen molar-refractivity contribution in [1.82, 2.24) is 10.2 Å². The van der Waals surface area contributed by atoms with Gasteiger partial charge in [0.25, 0.3) is 5.89 Å². The number of halogens is 1. The number of aromatic nitrogens is 2. The monoisotopic (exact) mass is 330 g/mol. The minimum atomic E-state index is 0.171. The molecule has 0 aliphatic heterocycles. The topological polar surface area (TPSA) is 57.4 Å². The van der Waals surface area contributed by atoms with Crippen LogP contribution in [0.1, 0.15) is 12.8 Å². The molecule has 0 N–H and O–H groups in total. The standard InChI is InChI=1S/C17H15ClN2O3/c1-2-21-14-5-3-4-6-15(14)22-11-16-19-20-17(23-16)12-7-9-13(18)10-8-12/h3-10H,2,11H2,1H3. The molecule has 0 spiro atoms. The molecule has 5 nitrogen and oxygen atoms in total. The fourth-order valence-electron chi connectivity index (χ4n) is 2.00. The zero-order chi connectivity index (χ0) is 16.1. The number of para-hydroxylation sites is 2. The highest BCUT2D eigenvalue weighted by molar-refractivity contribution is 6.30. The van der Waals surface area contributed by atoms with Gasteiger partial charge in [-0.2, -0.15) is 0 Å². The molecular formula is C17H15ClN2O3. The molecule has 0 bridgehead atoms. The Balaban J connectivity index is 1.69. The van der Waals surface area contributed by atoms with E-state index in [2.05, 4.69) is 10.2 Å². The lowest BCUT2D eigenvalue weighted by atomic mass is 10.2. The van der Waals surface area contributed by atoms with Crippen molar-refractivity contribution in [2.45, 2.75) is 13.5 Å². The summed E-state index contributed by atoms with van der Waals surface area (Å²) in [6.45, 7) is 2.67. The number of benzene rings is 2. The molecule has 0 fully saturated rings. The van der Waals surface area contributed by atoms with Gasteiger partial charge < -0.3 is 13.9 Å². The van der Waals surface area contributed by atoms with Crippen molar-refractivity contribution in [2.24, 2.45) is 0 Å². The Bertz CT molecular complexity index is 772. The van der Waals surface area contributed by atoms with Gasteiger partial charge in [-0.05, 0) is 43.3 Å². The molecule has 23 heavy (non-hydrogen) atoms. The molecule has 3 rings (SSSR count). The summed E-state index contributed by atoms with van der Waals surface area (Å²) in [5.74, 6) is 2.15. The van der Waals surface area contributed by atoms with Crippen LogP contribution < -0.4 is 9.47 Å². The molecule has 0 radical (unpaired) electrons. The second-order valence-electron chi connectivity index (χ2n) is 4.68. The second-order valence-corrected chi connectivity index (χ2v) is 5.11. The maximum atomic E-state index is 5.86. The predicted octanol–water partition coefficient (Wildman–Crippen LogP) is 4.37. The van der Waals surface area contributed by atoms with Crippen molar-refractivity contribution in [3.63, 3.8) is 0 Å². The average molecular weight is 331 g/mol. The van der Waals surface area contributed by atoms with Crippen molar-refractivity contribution in [1.29, 1.82) is 0 Å². The summed E-state index contributed by atoms with van der Waals surface area (Å²) in [5, 5.41) is 8.66. The lowest BCUT2D eigenvalue weighted by Crippen LogP contribution is -1.99. The number of ether oxygens (including phenoxy) is 2. The van der Waals surface area contributed by atoms with Gasteiger partial charge in [-0.1, -0.05) is 23.7 Å². The van der Waals surface area contributed by atoms with E-state index in [9.17, 15) is 0 Å². The van der Waals surface area contributed by atoms with E-state index in [1.807, 2.05) is 43.3 Å². The Morgan fingerprint density at radius 1 is 0.957 bits per heavy atom. The molecule has 0 aliphatic carbocycles. The van der Waals surface area contributed by atoms with E-state index in [1.54, 1.807) is 12.1 Å². The summed E-state index contributed by atoms with van der Waals surface area (Å²) >= 11 is 5.86. The first-order valence-corrected chi connectivity index (χ1v) is 7.57. The van der Waals surface area contributed by atoms with E-state index >= 15 is 0 Å². The first-order valence-electron chi connectivity index (χ1n) is 7.19. The molecule has 1 aromatic heterocycles. The van der Waals surface area contributed by atoms with Crippen LogP contribution in [0.4, 0.5) is 0 Å². The van der Waals surface area contributed by atoms with Gasteiger partial charge >= 0.3 is 0 Å². The van der Waals surface area contributed by atoms with E-state index in [-0.39, 0.29) is 6.61 Å². The Kier molecular flexibility index (Phi) is 4.78. The molecule has 0 aliphatic rings. The summed E-state index contributed by atoms with van der Waals surface area (Å²) in [6.07, 6.45) is 0. The lowest BCUT2D eigenvalue weighted by Gasteiger charge is -2.09. The first-order chi connectivity index (χ1) is 11.3. The summed E-state index contributed by atoms with van der Waals surface area (Å²) in [5.41, 5.74) is 0.808. The van der Waals surface area contributed by atoms with Gasteiger partial charge in [-0.15, -0.1) is 10.2 Å². The van der Waals surface area contributed by atoms with Crippen molar-refractivity contribution in [3.05, 3.63) is 59.4 Å². The Morgan fingerprint density at radius 2 is 1.65 bits per heavy atom. The molecular weight excluding hydrogens is 316 g/mol. The largest absolute Gasteiger partial charge is 0.490 e. The van der Waals surface area contributed by atoms with Gasteiger partial charge in [0.2, 0.25) is 5.89 Å². The minimum Gasteiger partial charge on any atom is -0.490 e. The fourth-order valence-corrected chi connectivity index (χ4v) is 2.13. The zero-order valence-electron chi connectivity index (χ0n) is 12.5. The van der Waals surface area contributed by atoms with Crippen LogP contribution in [0.15, 0.2) is 52.9 Å². The number of hydrogen-bond donors (Lipinski definition) is 0. The van der Waals surface area contributed by atoms with E-state index in [0.717, 1.165) is 5.56 Å². The number of nitrogens with zero attached hydrogens (tertiary/aromatic N) is 2. The molecule has 0 saturated heterocycles. The Labute approximate surface area is 138 Å². The highest BCUT2D eigenvalue weighted by Crippen LogP contribution is 2.27. The molecule has 118 valence electrons. The number of rotatable bonds is 6. The molecule has 6 heteroatoms. The summed E-state index contributed by atoms with van der Waals surface area (Å²) in [6, 6.07) is 14.7. The van der Waals surface area contributed by atoms with Gasteiger partial charge in [0.1, 0.15) is 0 Å². The second kappa shape index (κ2) is 7.15. The van der Waals surface area contributed by atoms with Crippen LogP contribution in [0.3, 0.4) is 0 Å². The van der Waals surface area contributed by atoms with Crippen molar-refractivity contribution in [3.8, 4) is 23.0 Å². The van der Waals surface area contributed by atoms with Gasteiger partial charge in [0, 0.05) is 10.6 Å². The van der Waals surface area contributed by atoms with Gasteiger partial charge in [0.15, 0.2) is 18.1 Å². The van der Waals surface area contributed by atoms with Crippen LogP contribution in [0.2, 0.25) is 5.02 Å². The van der Waals surface area contributed by atoms with Gasteiger partial charge in [-0.3, -0.25) is 0 Å². The normalized spacial score (nSPS) is 10.5. The third-order valence-corrected chi connectivity index (χ3v) is 3.31. The highest BCUT2D eigenvalue weighted by atomic mass is 35.5. The molecule has 1 heterocycles. The highest BCUT2D eigenvalue weighted by Gasteiger charge is 2.10. The van der Waals surface area contributed by atoms with Crippen molar-refractivity contribution >= 4 is 11.6 Å². The van der Waals surface area contributed by atoms with Crippen LogP contribution >= 0.6 is 11.6 Å². The molecule has 2 aromatic carbocycles. The van der Waals surface area contributed by atoms with Crippen molar-refractivity contribution in [2.75, 3.05) is 6.61 Å². The van der Waals surface area contributed by atoms with Crippen LogP contribution in [-0.2, 0) is 6.61 Å². The minimum absolute atomic E-state index is 0.171.